The summed E-state index contributed by atoms with van der Waals surface area (Å²) in [6.07, 6.45) is 1.05. The van der Waals surface area contributed by atoms with Gasteiger partial charge in [0.2, 0.25) is 0 Å². The van der Waals surface area contributed by atoms with Gasteiger partial charge in [-0.05, 0) is 38.8 Å². The average molecular weight is 470 g/mol. The second kappa shape index (κ2) is 8.54. The van der Waals surface area contributed by atoms with Crippen LogP contribution in [-0.2, 0) is 9.53 Å². The van der Waals surface area contributed by atoms with Crippen molar-refractivity contribution in [2.75, 3.05) is 12.3 Å². The highest BCUT2D eigenvalue weighted by Gasteiger charge is 2.49. The summed E-state index contributed by atoms with van der Waals surface area (Å²) < 4.78 is 6.82. The Morgan fingerprint density at radius 3 is 2.49 bits per heavy atom. The minimum Gasteiger partial charge on any atom is -0.466 e. The number of carbonyl (C=O) groups excluding carboxylic acids is 2. The molecule has 1 aliphatic carbocycles. The van der Waals surface area contributed by atoms with E-state index in [-0.39, 0.29) is 23.4 Å². The number of pyridine rings is 1. The molecular formula is C27H27N5O3. The van der Waals surface area contributed by atoms with Crippen LogP contribution in [0.3, 0.4) is 0 Å². The number of anilines is 1. The zero-order valence-electron chi connectivity index (χ0n) is 19.7. The zero-order chi connectivity index (χ0) is 24.7. The van der Waals surface area contributed by atoms with Crippen LogP contribution in [0.2, 0.25) is 0 Å². The maximum absolute atomic E-state index is 12.4. The van der Waals surface area contributed by atoms with Crippen LogP contribution in [0.15, 0.2) is 60.7 Å². The molecule has 4 N–H and O–H groups in total. The van der Waals surface area contributed by atoms with Gasteiger partial charge >= 0.3 is 5.97 Å². The summed E-state index contributed by atoms with van der Waals surface area (Å²) >= 11 is 0. The molecule has 8 heteroatoms. The van der Waals surface area contributed by atoms with Crippen LogP contribution in [0.4, 0.5) is 5.82 Å². The quantitative estimate of drug-likeness (QED) is 0.404. The summed E-state index contributed by atoms with van der Waals surface area (Å²) in [6, 6.07) is 19.5. The summed E-state index contributed by atoms with van der Waals surface area (Å²) in [6.45, 7) is 3.99. The molecule has 5 rings (SSSR count). The lowest BCUT2D eigenvalue weighted by molar-refractivity contribution is -0.162. The Kier molecular flexibility index (Phi) is 5.51. The molecule has 1 amide bonds. The fraction of sp³-hybridized carbons (Fsp3) is 0.259. The molecule has 0 radical (unpaired) electrons. The van der Waals surface area contributed by atoms with E-state index in [1.807, 2.05) is 67.6 Å². The maximum Gasteiger partial charge on any atom is 0.311 e. The van der Waals surface area contributed by atoms with E-state index < -0.39 is 11.3 Å². The molecule has 1 aliphatic rings. The molecular weight excluding hydrogens is 442 g/mol. The highest BCUT2D eigenvalue weighted by molar-refractivity contribution is 6.04. The number of primary amides is 1. The number of rotatable bonds is 6. The van der Waals surface area contributed by atoms with Crippen molar-refractivity contribution in [2.45, 2.75) is 32.7 Å². The van der Waals surface area contributed by atoms with Gasteiger partial charge < -0.3 is 16.2 Å². The predicted molar refractivity (Wildman–Crippen MR) is 134 cm³/mol. The van der Waals surface area contributed by atoms with Gasteiger partial charge in [-0.25, -0.2) is 9.67 Å². The number of fused-ring (bicyclic) bond motifs is 1. The lowest BCUT2D eigenvalue weighted by Crippen LogP contribution is -2.44. The van der Waals surface area contributed by atoms with E-state index >= 15 is 0 Å². The van der Waals surface area contributed by atoms with E-state index in [0.717, 1.165) is 22.2 Å². The molecule has 8 nitrogen and oxygen atoms in total. The smallest absolute Gasteiger partial charge is 0.311 e. The van der Waals surface area contributed by atoms with Crippen LogP contribution in [0.25, 0.3) is 33.4 Å². The highest BCUT2D eigenvalue weighted by atomic mass is 16.5. The average Bonchev–Trinajstić information content (AvgIpc) is 3.19. The van der Waals surface area contributed by atoms with Gasteiger partial charge in [-0.2, -0.15) is 5.10 Å². The highest BCUT2D eigenvalue weighted by Crippen LogP contribution is 2.50. The van der Waals surface area contributed by atoms with E-state index in [9.17, 15) is 9.59 Å². The second-order valence-corrected chi connectivity index (χ2v) is 9.23. The largest absolute Gasteiger partial charge is 0.466 e. The Labute approximate surface area is 202 Å². The molecule has 0 aliphatic heterocycles. The maximum atomic E-state index is 12.4. The number of nitrogen functional groups attached to an aromatic ring is 1. The first-order chi connectivity index (χ1) is 16.8. The van der Waals surface area contributed by atoms with Crippen LogP contribution in [0, 0.1) is 5.41 Å². The zero-order valence-corrected chi connectivity index (χ0v) is 19.7. The van der Waals surface area contributed by atoms with E-state index in [0.29, 0.717) is 30.7 Å². The number of hydrogen-bond donors (Lipinski definition) is 2. The lowest BCUT2D eigenvalue weighted by Gasteiger charge is -2.42. The summed E-state index contributed by atoms with van der Waals surface area (Å²) in [7, 11) is 0. The number of hydrogen-bond acceptors (Lipinski definition) is 6. The number of nitrogens with two attached hydrogens (primary N) is 2. The van der Waals surface area contributed by atoms with Gasteiger partial charge in [-0.15, -0.1) is 0 Å². The first-order valence-corrected chi connectivity index (χ1v) is 11.6. The first kappa shape index (κ1) is 22.6. The third-order valence-corrected chi connectivity index (χ3v) is 6.72. The van der Waals surface area contributed by atoms with E-state index in [1.54, 1.807) is 11.6 Å². The Hall–Kier alpha value is -4.20. The van der Waals surface area contributed by atoms with Crippen molar-refractivity contribution in [3.05, 3.63) is 66.2 Å². The third kappa shape index (κ3) is 3.90. The van der Waals surface area contributed by atoms with Gasteiger partial charge in [0.15, 0.2) is 0 Å². The number of amides is 1. The minimum atomic E-state index is -0.651. The van der Waals surface area contributed by atoms with Gasteiger partial charge in [0.25, 0.3) is 5.91 Å². The molecule has 0 spiro atoms. The first-order valence-electron chi connectivity index (χ1n) is 11.6. The molecule has 0 atom stereocenters. The number of carbonyl (C=O) groups is 2. The topological polar surface area (TPSA) is 126 Å². The predicted octanol–water partition coefficient (Wildman–Crippen LogP) is 4.35. The Morgan fingerprint density at radius 1 is 1.09 bits per heavy atom. The fourth-order valence-corrected chi connectivity index (χ4v) is 4.83. The fourth-order valence-electron chi connectivity index (χ4n) is 4.83. The van der Waals surface area contributed by atoms with Crippen molar-refractivity contribution in [1.82, 2.24) is 14.8 Å². The van der Waals surface area contributed by atoms with E-state index in [1.165, 1.54) is 0 Å². The van der Waals surface area contributed by atoms with Gasteiger partial charge in [0, 0.05) is 16.5 Å². The number of nitrogens with zero attached hydrogens (tertiary/aromatic N) is 3. The van der Waals surface area contributed by atoms with Gasteiger partial charge in [-0.1, -0.05) is 48.5 Å². The molecule has 2 aromatic heterocycles. The SMILES string of the molecule is CCOC(=O)C1(C)CC(n2nc(-c3ccc4ccc(-c5ccccc5)nc4c3)c(C(N)=O)c2N)C1. The minimum absolute atomic E-state index is 0.125. The normalized spacial score (nSPS) is 19.3. The van der Waals surface area contributed by atoms with Gasteiger partial charge in [0.05, 0.1) is 29.3 Å². The molecule has 1 saturated carbocycles. The van der Waals surface area contributed by atoms with Crippen molar-refractivity contribution >= 4 is 28.6 Å². The summed E-state index contributed by atoms with van der Waals surface area (Å²) in [5.41, 5.74) is 15.4. The molecule has 0 bridgehead atoms. The van der Waals surface area contributed by atoms with E-state index in [4.69, 9.17) is 26.3 Å². The molecule has 0 unspecified atom stereocenters. The molecule has 35 heavy (non-hydrogen) atoms. The Morgan fingerprint density at radius 2 is 1.80 bits per heavy atom. The van der Waals surface area contributed by atoms with Crippen LogP contribution in [-0.4, -0.2) is 33.2 Å². The standard InChI is InChI=1S/C27H27N5O3/c1-3-35-26(34)27(2)14-19(15-27)32-24(28)22(25(29)33)23(31-32)18-10-9-17-11-12-20(30-21(17)13-18)16-7-5-4-6-8-16/h4-13,19H,3,14-15,28H2,1-2H3,(H2,29,33). The number of esters is 1. The molecule has 178 valence electrons. The van der Waals surface area contributed by atoms with E-state index in [2.05, 4.69) is 0 Å². The summed E-state index contributed by atoms with van der Waals surface area (Å²) in [5, 5.41) is 5.66. The Bertz CT molecular complexity index is 1440. The lowest BCUT2D eigenvalue weighted by atomic mass is 9.67. The molecule has 4 aromatic rings. The van der Waals surface area contributed by atoms with Crippen molar-refractivity contribution in [3.63, 3.8) is 0 Å². The van der Waals surface area contributed by atoms with Crippen molar-refractivity contribution < 1.29 is 14.3 Å². The number of benzene rings is 2. The van der Waals surface area contributed by atoms with Crippen molar-refractivity contribution in [3.8, 4) is 22.5 Å². The molecule has 2 heterocycles. The molecule has 0 saturated heterocycles. The van der Waals surface area contributed by atoms with Crippen LogP contribution in [0.1, 0.15) is 43.1 Å². The molecule has 1 fully saturated rings. The second-order valence-electron chi connectivity index (χ2n) is 9.23. The number of ether oxygens (including phenoxy) is 1. The van der Waals surface area contributed by atoms with Gasteiger partial charge in [-0.3, -0.25) is 9.59 Å². The van der Waals surface area contributed by atoms with Crippen LogP contribution >= 0.6 is 0 Å². The summed E-state index contributed by atoms with van der Waals surface area (Å²) in [5.74, 6) is -0.677. The summed E-state index contributed by atoms with van der Waals surface area (Å²) in [4.78, 5) is 29.5. The van der Waals surface area contributed by atoms with Crippen LogP contribution < -0.4 is 11.5 Å². The number of aromatic nitrogens is 3. The van der Waals surface area contributed by atoms with Crippen LogP contribution in [0.5, 0.6) is 0 Å². The monoisotopic (exact) mass is 469 g/mol. The van der Waals surface area contributed by atoms with Crippen molar-refractivity contribution in [1.29, 1.82) is 0 Å². The van der Waals surface area contributed by atoms with Gasteiger partial charge in [0.1, 0.15) is 17.1 Å². The third-order valence-electron chi connectivity index (χ3n) is 6.72. The Balaban J connectivity index is 1.52. The molecule has 2 aromatic carbocycles. The van der Waals surface area contributed by atoms with Crippen molar-refractivity contribution in [2.24, 2.45) is 11.1 Å².